The van der Waals surface area contributed by atoms with Gasteiger partial charge in [0.2, 0.25) is 0 Å². The number of carbonyl (C=O) groups excluding carboxylic acids is 1. The molecule has 2 aromatic heterocycles. The largest absolute Gasteiger partial charge is 0.376 e. The summed E-state index contributed by atoms with van der Waals surface area (Å²) in [6.45, 7) is 6.91. The average molecular weight is 457 g/mol. The lowest BCUT2D eigenvalue weighted by molar-refractivity contribution is -0.122. The topological polar surface area (TPSA) is 76.1 Å². The van der Waals surface area contributed by atoms with Gasteiger partial charge in [-0.15, -0.1) is 0 Å². The van der Waals surface area contributed by atoms with Crippen molar-refractivity contribution in [3.63, 3.8) is 0 Å². The summed E-state index contributed by atoms with van der Waals surface area (Å²) in [7, 11) is 0. The SMILES string of the molecule is C[C@@H]1CC(CNc2cccc(-c3cc(CC(=O)[C@@H]4CCCNC4)ncc3Cl)n2)C[C@H](C)O1. The summed E-state index contributed by atoms with van der Waals surface area (Å²) in [6, 6.07) is 7.81. The Labute approximate surface area is 195 Å². The second-order valence-corrected chi connectivity index (χ2v) is 9.63. The Balaban J connectivity index is 1.43. The fraction of sp³-hybridized carbons (Fsp3) is 0.560. The molecule has 0 spiro atoms. The van der Waals surface area contributed by atoms with E-state index < -0.39 is 0 Å². The summed E-state index contributed by atoms with van der Waals surface area (Å²) < 4.78 is 5.84. The van der Waals surface area contributed by atoms with Crippen LogP contribution in [0.25, 0.3) is 11.3 Å². The first kappa shape index (κ1) is 23.1. The van der Waals surface area contributed by atoms with Crippen LogP contribution in [0, 0.1) is 11.8 Å². The van der Waals surface area contributed by atoms with Gasteiger partial charge in [-0.25, -0.2) is 4.98 Å². The third kappa shape index (κ3) is 6.06. The lowest BCUT2D eigenvalue weighted by Gasteiger charge is -2.32. The Kier molecular flexibility index (Phi) is 7.76. The van der Waals surface area contributed by atoms with E-state index in [9.17, 15) is 4.79 Å². The van der Waals surface area contributed by atoms with Crippen molar-refractivity contribution in [1.29, 1.82) is 0 Å². The van der Waals surface area contributed by atoms with Gasteiger partial charge in [0.25, 0.3) is 0 Å². The van der Waals surface area contributed by atoms with Gasteiger partial charge >= 0.3 is 0 Å². The Hall–Kier alpha value is -2.02. The molecule has 0 saturated carbocycles. The van der Waals surface area contributed by atoms with Gasteiger partial charge in [0.1, 0.15) is 11.6 Å². The molecule has 1 unspecified atom stereocenters. The number of anilines is 1. The van der Waals surface area contributed by atoms with Crippen LogP contribution in [0.1, 0.15) is 45.2 Å². The maximum Gasteiger partial charge on any atom is 0.143 e. The van der Waals surface area contributed by atoms with Crippen molar-refractivity contribution in [3.8, 4) is 11.3 Å². The summed E-state index contributed by atoms with van der Waals surface area (Å²) in [4.78, 5) is 21.9. The van der Waals surface area contributed by atoms with E-state index in [1.54, 1.807) is 6.20 Å². The summed E-state index contributed by atoms with van der Waals surface area (Å²) in [5.74, 6) is 1.70. The Morgan fingerprint density at radius 1 is 1.28 bits per heavy atom. The van der Waals surface area contributed by atoms with Crippen molar-refractivity contribution >= 4 is 23.2 Å². The average Bonchev–Trinajstić information content (AvgIpc) is 2.79. The molecule has 0 radical (unpaired) electrons. The second kappa shape index (κ2) is 10.7. The molecule has 6 nitrogen and oxygen atoms in total. The summed E-state index contributed by atoms with van der Waals surface area (Å²) in [5, 5.41) is 7.34. The molecule has 0 amide bonds. The minimum Gasteiger partial charge on any atom is -0.376 e. The number of carbonyl (C=O) groups is 1. The zero-order valence-electron chi connectivity index (χ0n) is 18.9. The van der Waals surface area contributed by atoms with E-state index in [4.69, 9.17) is 21.3 Å². The van der Waals surface area contributed by atoms with Crippen molar-refractivity contribution in [2.45, 2.75) is 58.2 Å². The van der Waals surface area contributed by atoms with Crippen molar-refractivity contribution in [2.75, 3.05) is 25.0 Å². The van der Waals surface area contributed by atoms with E-state index >= 15 is 0 Å². The van der Waals surface area contributed by atoms with E-state index in [0.717, 1.165) is 68.1 Å². The van der Waals surface area contributed by atoms with E-state index in [1.807, 2.05) is 24.3 Å². The zero-order valence-corrected chi connectivity index (χ0v) is 19.7. The third-order valence-electron chi connectivity index (χ3n) is 6.41. The van der Waals surface area contributed by atoms with E-state index in [2.05, 4.69) is 29.5 Å². The molecule has 4 atom stereocenters. The number of Topliss-reactive ketones (excluding diaryl/α,β-unsaturated/α-hetero) is 1. The molecule has 2 fully saturated rings. The highest BCUT2D eigenvalue weighted by Crippen LogP contribution is 2.29. The molecule has 0 bridgehead atoms. The number of nitrogens with zero attached hydrogens (tertiary/aromatic N) is 2. The number of rotatable bonds is 7. The predicted molar refractivity (Wildman–Crippen MR) is 128 cm³/mol. The quantitative estimate of drug-likeness (QED) is 0.637. The Morgan fingerprint density at radius 3 is 2.84 bits per heavy atom. The first-order valence-corrected chi connectivity index (χ1v) is 12.1. The number of ketones is 1. The first-order valence-electron chi connectivity index (χ1n) is 11.7. The number of halogens is 1. The van der Waals surface area contributed by atoms with Gasteiger partial charge in [-0.05, 0) is 70.2 Å². The van der Waals surface area contributed by atoms with Crippen LogP contribution < -0.4 is 10.6 Å². The molecule has 7 heteroatoms. The molecule has 0 aliphatic carbocycles. The van der Waals surface area contributed by atoms with Crippen molar-refractivity contribution in [2.24, 2.45) is 11.8 Å². The van der Waals surface area contributed by atoms with Gasteiger partial charge in [-0.2, -0.15) is 0 Å². The van der Waals surface area contributed by atoms with Crippen molar-refractivity contribution < 1.29 is 9.53 Å². The van der Waals surface area contributed by atoms with Crippen LogP contribution in [0.15, 0.2) is 30.5 Å². The summed E-state index contributed by atoms with van der Waals surface area (Å²) >= 11 is 6.47. The molecule has 2 N–H and O–H groups in total. The molecule has 2 aliphatic rings. The molecule has 2 aromatic rings. The minimum atomic E-state index is 0.0750. The Morgan fingerprint density at radius 2 is 2.09 bits per heavy atom. The highest BCUT2D eigenvalue weighted by molar-refractivity contribution is 6.33. The number of nitrogens with one attached hydrogen (secondary N) is 2. The van der Waals surface area contributed by atoms with Crippen LogP contribution >= 0.6 is 11.6 Å². The molecule has 2 saturated heterocycles. The predicted octanol–water partition coefficient (Wildman–Crippen LogP) is 4.52. The van der Waals surface area contributed by atoms with Crippen LogP contribution in [0.5, 0.6) is 0 Å². The van der Waals surface area contributed by atoms with Gasteiger partial charge in [0, 0.05) is 42.9 Å². The lowest BCUT2D eigenvalue weighted by atomic mass is 9.92. The summed E-state index contributed by atoms with van der Waals surface area (Å²) in [6.07, 6.45) is 6.66. The fourth-order valence-electron chi connectivity index (χ4n) is 4.87. The van der Waals surface area contributed by atoms with Gasteiger partial charge in [0.05, 0.1) is 22.9 Å². The molecule has 2 aliphatic heterocycles. The van der Waals surface area contributed by atoms with Gasteiger partial charge in [-0.1, -0.05) is 17.7 Å². The standard InChI is InChI=1S/C25H33ClN4O2/c1-16-9-18(10-17(2)32-16)13-29-25-7-3-6-23(30-25)21-11-20(28-15-22(21)26)12-24(31)19-5-4-8-27-14-19/h3,6-7,11,15-19,27H,4-5,8-10,12-14H2,1-2H3,(H,29,30)/t16-,17+,18?,19-/m1/s1. The van der Waals surface area contributed by atoms with Crippen LogP contribution in [0.4, 0.5) is 5.82 Å². The van der Waals surface area contributed by atoms with Gasteiger partial charge in [0.15, 0.2) is 0 Å². The minimum absolute atomic E-state index is 0.0750. The van der Waals surface area contributed by atoms with Crippen LogP contribution in [-0.4, -0.2) is 47.6 Å². The number of hydrogen-bond acceptors (Lipinski definition) is 6. The number of aromatic nitrogens is 2. The maximum atomic E-state index is 12.7. The molecular weight excluding hydrogens is 424 g/mol. The number of piperidine rings is 1. The second-order valence-electron chi connectivity index (χ2n) is 9.23. The molecule has 0 aromatic carbocycles. The molecule has 4 heterocycles. The maximum absolute atomic E-state index is 12.7. The molecule has 32 heavy (non-hydrogen) atoms. The number of pyridine rings is 2. The molecular formula is C25H33ClN4O2. The van der Waals surface area contributed by atoms with Crippen LogP contribution in [0.2, 0.25) is 5.02 Å². The molecule has 172 valence electrons. The lowest BCUT2D eigenvalue weighted by Crippen LogP contribution is -2.35. The monoisotopic (exact) mass is 456 g/mol. The fourth-order valence-corrected chi connectivity index (χ4v) is 5.07. The molecule has 4 rings (SSSR count). The van der Waals surface area contributed by atoms with Crippen LogP contribution in [-0.2, 0) is 16.0 Å². The smallest absolute Gasteiger partial charge is 0.143 e. The van der Waals surface area contributed by atoms with Crippen molar-refractivity contribution in [3.05, 3.63) is 41.2 Å². The highest BCUT2D eigenvalue weighted by atomic mass is 35.5. The van der Waals surface area contributed by atoms with E-state index in [0.29, 0.717) is 29.6 Å². The summed E-state index contributed by atoms with van der Waals surface area (Å²) in [5.41, 5.74) is 2.33. The zero-order chi connectivity index (χ0) is 22.5. The van der Waals surface area contributed by atoms with Crippen LogP contribution in [0.3, 0.4) is 0 Å². The van der Waals surface area contributed by atoms with Crippen molar-refractivity contribution in [1.82, 2.24) is 15.3 Å². The third-order valence-corrected chi connectivity index (χ3v) is 6.71. The van der Waals surface area contributed by atoms with Gasteiger partial charge < -0.3 is 15.4 Å². The Bertz CT molecular complexity index is 922. The van der Waals surface area contributed by atoms with E-state index in [-0.39, 0.29) is 11.7 Å². The first-order chi connectivity index (χ1) is 15.5. The normalized spacial score (nSPS) is 26.0. The van der Waals surface area contributed by atoms with Gasteiger partial charge in [-0.3, -0.25) is 9.78 Å². The number of hydrogen-bond donors (Lipinski definition) is 2. The number of ether oxygens (including phenoxy) is 1. The van der Waals surface area contributed by atoms with E-state index in [1.165, 1.54) is 0 Å². The highest BCUT2D eigenvalue weighted by Gasteiger charge is 2.24.